The lowest BCUT2D eigenvalue weighted by Crippen LogP contribution is -2.28. The smallest absolute Gasteiger partial charge is 0.112 e. The van der Waals surface area contributed by atoms with E-state index in [0.29, 0.717) is 0 Å². The number of ether oxygens (including phenoxy) is 2. The number of methoxy groups -OCH3 is 1. The number of rotatable bonds is 2. The second-order valence-electron chi connectivity index (χ2n) is 2.88. The van der Waals surface area contributed by atoms with Crippen LogP contribution in [-0.4, -0.2) is 44.9 Å². The third-order valence-electron chi connectivity index (χ3n) is 2.21. The van der Waals surface area contributed by atoms with E-state index in [1.807, 2.05) is 6.92 Å². The van der Waals surface area contributed by atoms with Crippen molar-refractivity contribution in [3.05, 3.63) is 0 Å². The molecule has 0 bridgehead atoms. The first-order valence-corrected chi connectivity index (χ1v) is 3.75. The van der Waals surface area contributed by atoms with Gasteiger partial charge in [0.25, 0.3) is 0 Å². The van der Waals surface area contributed by atoms with Crippen molar-refractivity contribution in [2.75, 3.05) is 13.7 Å². The molecule has 1 rings (SSSR count). The Labute approximate surface area is 68.1 Å². The SMILES string of the molecule is [B][C@@H]1O[C@H](CO)[C@@H](C)[C@H]1OC. The van der Waals surface area contributed by atoms with E-state index in [0.717, 1.165) is 0 Å². The second kappa shape index (κ2) is 3.56. The molecule has 1 aliphatic heterocycles. The van der Waals surface area contributed by atoms with Crippen molar-refractivity contribution < 1.29 is 14.6 Å². The van der Waals surface area contributed by atoms with Crippen molar-refractivity contribution in [1.82, 2.24) is 0 Å². The molecule has 4 atom stereocenters. The fourth-order valence-corrected chi connectivity index (χ4v) is 1.47. The van der Waals surface area contributed by atoms with Gasteiger partial charge in [0.1, 0.15) is 7.85 Å². The van der Waals surface area contributed by atoms with E-state index < -0.39 is 6.00 Å². The monoisotopic (exact) mass is 156 g/mol. The van der Waals surface area contributed by atoms with Gasteiger partial charge in [0.15, 0.2) is 0 Å². The minimum absolute atomic E-state index is 0.00866. The lowest BCUT2D eigenvalue weighted by Gasteiger charge is -2.16. The lowest BCUT2D eigenvalue weighted by molar-refractivity contribution is 0.0206. The maximum Gasteiger partial charge on any atom is 0.112 e. The Kier molecular flexibility index (Phi) is 2.93. The molecule has 2 radical (unpaired) electrons. The van der Waals surface area contributed by atoms with Crippen molar-refractivity contribution in [3.63, 3.8) is 0 Å². The van der Waals surface area contributed by atoms with Gasteiger partial charge in [0, 0.05) is 19.0 Å². The van der Waals surface area contributed by atoms with Crippen molar-refractivity contribution in [2.24, 2.45) is 5.92 Å². The fraction of sp³-hybridized carbons (Fsp3) is 1.00. The van der Waals surface area contributed by atoms with Crippen LogP contribution >= 0.6 is 0 Å². The highest BCUT2D eigenvalue weighted by Gasteiger charge is 2.38. The molecule has 0 spiro atoms. The number of hydrogen-bond donors (Lipinski definition) is 1. The van der Waals surface area contributed by atoms with Gasteiger partial charge in [-0.3, -0.25) is 0 Å². The first kappa shape index (κ1) is 9.04. The largest absolute Gasteiger partial charge is 0.394 e. The molecule has 0 aromatic rings. The van der Waals surface area contributed by atoms with Crippen LogP contribution in [0, 0.1) is 5.92 Å². The summed E-state index contributed by atoms with van der Waals surface area (Å²) < 4.78 is 10.3. The molecule has 0 amide bonds. The molecule has 3 nitrogen and oxygen atoms in total. The normalized spacial score (nSPS) is 44.6. The minimum Gasteiger partial charge on any atom is -0.394 e. The summed E-state index contributed by atoms with van der Waals surface area (Å²) in [5, 5.41) is 8.83. The van der Waals surface area contributed by atoms with E-state index in [1.165, 1.54) is 0 Å². The zero-order valence-electron chi connectivity index (χ0n) is 6.86. The summed E-state index contributed by atoms with van der Waals surface area (Å²) in [6.07, 6.45) is -0.262. The van der Waals surface area contributed by atoms with E-state index in [9.17, 15) is 0 Å². The molecule has 11 heavy (non-hydrogen) atoms. The molecule has 4 heteroatoms. The summed E-state index contributed by atoms with van der Waals surface area (Å²) in [5.74, 6) is 0.167. The minimum atomic E-state index is -0.396. The van der Waals surface area contributed by atoms with Gasteiger partial charge in [0.05, 0.1) is 18.8 Å². The van der Waals surface area contributed by atoms with Crippen LogP contribution in [0.4, 0.5) is 0 Å². The van der Waals surface area contributed by atoms with Gasteiger partial charge < -0.3 is 14.6 Å². The molecule has 1 fully saturated rings. The molecule has 62 valence electrons. The molecule has 1 heterocycles. The standard InChI is InChI=1S/C7H13BO3/c1-4-5(3-9)11-7(8)6(4)10-2/h4-7,9H,3H2,1-2H3/t4-,5-,6-,7-/m1/s1. The van der Waals surface area contributed by atoms with Gasteiger partial charge >= 0.3 is 0 Å². The molecule has 1 N–H and O–H groups in total. The Bertz CT molecular complexity index is 131. The Balaban J connectivity index is 2.55. The van der Waals surface area contributed by atoms with Gasteiger partial charge in [-0.25, -0.2) is 0 Å². The van der Waals surface area contributed by atoms with Crippen LogP contribution in [0.15, 0.2) is 0 Å². The van der Waals surface area contributed by atoms with Crippen LogP contribution in [0.1, 0.15) is 6.92 Å². The Morgan fingerprint density at radius 3 is 2.55 bits per heavy atom. The predicted molar refractivity (Wildman–Crippen MR) is 41.5 cm³/mol. The summed E-state index contributed by atoms with van der Waals surface area (Å²) in [6, 6.07) is -0.396. The van der Waals surface area contributed by atoms with Crippen molar-refractivity contribution in [3.8, 4) is 0 Å². The molecule has 0 aromatic carbocycles. The molecule has 0 aromatic heterocycles. The molecular weight excluding hydrogens is 143 g/mol. The molecule has 0 unspecified atom stereocenters. The van der Waals surface area contributed by atoms with Crippen molar-refractivity contribution in [2.45, 2.75) is 25.1 Å². The number of aliphatic hydroxyl groups excluding tert-OH is 1. The molecule has 0 aliphatic carbocycles. The quantitative estimate of drug-likeness (QED) is 0.549. The van der Waals surface area contributed by atoms with Gasteiger partial charge in [-0.1, -0.05) is 6.92 Å². The summed E-state index contributed by atoms with van der Waals surface area (Å²) in [4.78, 5) is 0. The van der Waals surface area contributed by atoms with Crippen LogP contribution in [0.5, 0.6) is 0 Å². The average Bonchev–Trinajstić information content (AvgIpc) is 2.26. The Morgan fingerprint density at radius 2 is 2.27 bits per heavy atom. The highest BCUT2D eigenvalue weighted by atomic mass is 16.6. The molecule has 0 saturated carbocycles. The third-order valence-corrected chi connectivity index (χ3v) is 2.21. The van der Waals surface area contributed by atoms with Crippen LogP contribution in [-0.2, 0) is 9.47 Å². The van der Waals surface area contributed by atoms with Gasteiger partial charge in [-0.2, -0.15) is 0 Å². The summed E-state index contributed by atoms with van der Waals surface area (Å²) in [5.41, 5.74) is 0. The highest BCUT2D eigenvalue weighted by molar-refractivity contribution is 6.11. The summed E-state index contributed by atoms with van der Waals surface area (Å²) in [6.45, 7) is 1.97. The van der Waals surface area contributed by atoms with Gasteiger partial charge in [-0.15, -0.1) is 0 Å². The maximum absolute atomic E-state index is 8.83. The van der Waals surface area contributed by atoms with Crippen LogP contribution in [0.25, 0.3) is 0 Å². The van der Waals surface area contributed by atoms with E-state index in [4.69, 9.17) is 22.4 Å². The fourth-order valence-electron chi connectivity index (χ4n) is 1.47. The van der Waals surface area contributed by atoms with Crippen LogP contribution in [0.2, 0.25) is 0 Å². The highest BCUT2D eigenvalue weighted by Crippen LogP contribution is 2.26. The summed E-state index contributed by atoms with van der Waals surface area (Å²) >= 11 is 0. The zero-order chi connectivity index (χ0) is 8.43. The maximum atomic E-state index is 8.83. The number of aliphatic hydroxyl groups is 1. The topological polar surface area (TPSA) is 38.7 Å². The number of hydrogen-bond acceptors (Lipinski definition) is 3. The zero-order valence-corrected chi connectivity index (χ0v) is 6.86. The van der Waals surface area contributed by atoms with E-state index in [2.05, 4.69) is 0 Å². The van der Waals surface area contributed by atoms with Crippen molar-refractivity contribution >= 4 is 7.85 Å². The lowest BCUT2D eigenvalue weighted by atomic mass is 9.89. The first-order chi connectivity index (χ1) is 5.20. The van der Waals surface area contributed by atoms with E-state index in [-0.39, 0.29) is 24.7 Å². The predicted octanol–water partition coefficient (Wildman–Crippen LogP) is -0.477. The third kappa shape index (κ3) is 1.58. The van der Waals surface area contributed by atoms with Gasteiger partial charge in [-0.05, 0) is 0 Å². The second-order valence-corrected chi connectivity index (χ2v) is 2.88. The van der Waals surface area contributed by atoms with Crippen molar-refractivity contribution in [1.29, 1.82) is 0 Å². The molecule has 1 saturated heterocycles. The molecular formula is C7H13BO3. The van der Waals surface area contributed by atoms with Gasteiger partial charge in [0.2, 0.25) is 0 Å². The first-order valence-electron chi connectivity index (χ1n) is 3.75. The molecule has 1 aliphatic rings. The van der Waals surface area contributed by atoms with Crippen LogP contribution in [0.3, 0.4) is 0 Å². The summed E-state index contributed by atoms with van der Waals surface area (Å²) in [7, 11) is 7.19. The average molecular weight is 156 g/mol. The Hall–Kier alpha value is -0.0551. The van der Waals surface area contributed by atoms with E-state index >= 15 is 0 Å². The van der Waals surface area contributed by atoms with E-state index in [1.54, 1.807) is 7.11 Å². The van der Waals surface area contributed by atoms with Crippen LogP contribution < -0.4 is 0 Å². The Morgan fingerprint density at radius 1 is 1.64 bits per heavy atom.